The standard InChI is InChI=1S/C12H18ClNO3S/c1-10(14-18(15,16)9-5-8-13)11-6-3-4-7-12(11)17-2/h3-4,6-7,10,14H,5,8-9H2,1-2H3/t10-/m0/s1. The van der Waals surface area contributed by atoms with E-state index in [1.54, 1.807) is 20.1 Å². The quantitative estimate of drug-likeness (QED) is 0.784. The van der Waals surface area contributed by atoms with Crippen LogP contribution in [0, 0.1) is 0 Å². The zero-order valence-corrected chi connectivity index (χ0v) is 12.1. The lowest BCUT2D eigenvalue weighted by Crippen LogP contribution is -2.29. The summed E-state index contributed by atoms with van der Waals surface area (Å²) in [6.45, 7) is 1.79. The Morgan fingerprint density at radius 1 is 1.39 bits per heavy atom. The fourth-order valence-corrected chi connectivity index (χ4v) is 3.26. The first-order valence-corrected chi connectivity index (χ1v) is 7.87. The molecule has 1 N–H and O–H groups in total. The van der Waals surface area contributed by atoms with Gasteiger partial charge in [-0.25, -0.2) is 13.1 Å². The molecule has 4 nitrogen and oxygen atoms in total. The number of rotatable bonds is 7. The Kier molecular flexibility index (Phi) is 5.91. The Morgan fingerprint density at radius 3 is 2.67 bits per heavy atom. The van der Waals surface area contributed by atoms with Crippen molar-refractivity contribution in [3.63, 3.8) is 0 Å². The molecule has 0 saturated heterocycles. The van der Waals surface area contributed by atoms with Crippen LogP contribution in [-0.4, -0.2) is 27.2 Å². The zero-order valence-electron chi connectivity index (χ0n) is 10.5. The van der Waals surface area contributed by atoms with Crippen LogP contribution in [-0.2, 0) is 10.0 Å². The van der Waals surface area contributed by atoms with E-state index in [-0.39, 0.29) is 11.8 Å². The number of sulfonamides is 1. The molecular weight excluding hydrogens is 274 g/mol. The molecule has 0 bridgehead atoms. The second kappa shape index (κ2) is 6.97. The number of methoxy groups -OCH3 is 1. The minimum atomic E-state index is -3.31. The van der Waals surface area contributed by atoms with Gasteiger partial charge in [-0.3, -0.25) is 0 Å². The maximum Gasteiger partial charge on any atom is 0.212 e. The van der Waals surface area contributed by atoms with Crippen molar-refractivity contribution >= 4 is 21.6 Å². The highest BCUT2D eigenvalue weighted by atomic mass is 35.5. The smallest absolute Gasteiger partial charge is 0.212 e. The van der Waals surface area contributed by atoms with Crippen LogP contribution in [0.4, 0.5) is 0 Å². The summed E-state index contributed by atoms with van der Waals surface area (Å²) in [6, 6.07) is 7.01. The van der Waals surface area contributed by atoms with Gasteiger partial charge in [-0.15, -0.1) is 11.6 Å². The molecule has 6 heteroatoms. The molecule has 0 aliphatic heterocycles. The maximum atomic E-state index is 11.8. The van der Waals surface area contributed by atoms with Crippen molar-refractivity contribution in [2.45, 2.75) is 19.4 Å². The van der Waals surface area contributed by atoms with E-state index < -0.39 is 10.0 Å². The molecule has 0 aliphatic carbocycles. The second-order valence-corrected chi connectivity index (χ2v) is 6.19. The van der Waals surface area contributed by atoms with Crippen molar-refractivity contribution in [2.24, 2.45) is 0 Å². The molecule has 0 amide bonds. The molecule has 0 heterocycles. The Bertz CT molecular complexity index is 476. The minimum absolute atomic E-state index is 0.0377. The summed E-state index contributed by atoms with van der Waals surface area (Å²) in [7, 11) is -1.74. The normalized spacial score (nSPS) is 13.3. The van der Waals surface area contributed by atoms with Gasteiger partial charge in [-0.05, 0) is 19.4 Å². The van der Waals surface area contributed by atoms with Crippen LogP contribution >= 0.6 is 11.6 Å². The molecule has 18 heavy (non-hydrogen) atoms. The maximum absolute atomic E-state index is 11.8. The fourth-order valence-electron chi connectivity index (χ4n) is 1.66. The summed E-state index contributed by atoms with van der Waals surface area (Å²) >= 11 is 5.50. The number of para-hydroxylation sites is 1. The SMILES string of the molecule is COc1ccccc1[C@H](C)NS(=O)(=O)CCCCl. The molecule has 0 fully saturated rings. The van der Waals surface area contributed by atoms with Gasteiger partial charge in [-0.1, -0.05) is 18.2 Å². The molecule has 0 aliphatic rings. The van der Waals surface area contributed by atoms with Gasteiger partial charge in [0.1, 0.15) is 5.75 Å². The third kappa shape index (κ3) is 4.48. The van der Waals surface area contributed by atoms with Gasteiger partial charge in [0, 0.05) is 17.5 Å². The van der Waals surface area contributed by atoms with Crippen molar-refractivity contribution in [3.8, 4) is 5.75 Å². The van der Waals surface area contributed by atoms with Gasteiger partial charge in [0.2, 0.25) is 10.0 Å². The van der Waals surface area contributed by atoms with Gasteiger partial charge >= 0.3 is 0 Å². The van der Waals surface area contributed by atoms with Crippen molar-refractivity contribution in [3.05, 3.63) is 29.8 Å². The minimum Gasteiger partial charge on any atom is -0.496 e. The molecule has 0 saturated carbocycles. The van der Waals surface area contributed by atoms with E-state index >= 15 is 0 Å². The Hall–Kier alpha value is -0.780. The molecule has 1 atom stereocenters. The summed E-state index contributed by atoms with van der Waals surface area (Å²) < 4.78 is 31.3. The average Bonchev–Trinajstić information content (AvgIpc) is 2.35. The topological polar surface area (TPSA) is 55.4 Å². The molecule has 1 rings (SSSR count). The molecule has 1 aromatic rings. The predicted octanol–water partition coefficient (Wildman–Crippen LogP) is 2.30. The number of hydrogen-bond donors (Lipinski definition) is 1. The lowest BCUT2D eigenvalue weighted by molar-refractivity contribution is 0.405. The van der Waals surface area contributed by atoms with Crippen molar-refractivity contribution < 1.29 is 13.2 Å². The highest BCUT2D eigenvalue weighted by Crippen LogP contribution is 2.24. The third-order valence-corrected chi connectivity index (χ3v) is 4.31. The van der Waals surface area contributed by atoms with Crippen molar-refractivity contribution in [1.29, 1.82) is 0 Å². The third-order valence-electron chi connectivity index (χ3n) is 2.51. The Balaban J connectivity index is 2.79. The molecule has 0 radical (unpaired) electrons. The van der Waals surface area contributed by atoms with Crippen LogP contribution in [0.25, 0.3) is 0 Å². The molecule has 0 unspecified atom stereocenters. The van der Waals surface area contributed by atoms with E-state index in [9.17, 15) is 8.42 Å². The van der Waals surface area contributed by atoms with Crippen LogP contribution in [0.15, 0.2) is 24.3 Å². The Morgan fingerprint density at radius 2 is 2.06 bits per heavy atom. The lowest BCUT2D eigenvalue weighted by atomic mass is 10.1. The van der Waals surface area contributed by atoms with Crippen LogP contribution in [0.3, 0.4) is 0 Å². The van der Waals surface area contributed by atoms with E-state index in [0.717, 1.165) is 5.56 Å². The molecule has 1 aromatic carbocycles. The number of halogens is 1. The lowest BCUT2D eigenvalue weighted by Gasteiger charge is -2.17. The summed E-state index contributed by atoms with van der Waals surface area (Å²) in [5, 5.41) is 0. The highest BCUT2D eigenvalue weighted by Gasteiger charge is 2.17. The van der Waals surface area contributed by atoms with Crippen LogP contribution in [0.5, 0.6) is 5.75 Å². The zero-order chi connectivity index (χ0) is 13.6. The number of nitrogens with one attached hydrogen (secondary N) is 1. The molecule has 0 spiro atoms. The largest absolute Gasteiger partial charge is 0.496 e. The van der Waals surface area contributed by atoms with Gasteiger partial charge in [-0.2, -0.15) is 0 Å². The van der Waals surface area contributed by atoms with Crippen molar-refractivity contribution in [2.75, 3.05) is 18.7 Å². The number of hydrogen-bond acceptors (Lipinski definition) is 3. The number of alkyl halides is 1. The van der Waals surface area contributed by atoms with E-state index in [1.165, 1.54) is 0 Å². The van der Waals surface area contributed by atoms with E-state index in [0.29, 0.717) is 18.1 Å². The fraction of sp³-hybridized carbons (Fsp3) is 0.500. The number of benzene rings is 1. The summed E-state index contributed by atoms with van der Waals surface area (Å²) in [5.74, 6) is 1.05. The first kappa shape index (κ1) is 15.3. The van der Waals surface area contributed by atoms with E-state index in [2.05, 4.69) is 4.72 Å². The van der Waals surface area contributed by atoms with E-state index in [4.69, 9.17) is 16.3 Å². The second-order valence-electron chi connectivity index (χ2n) is 3.94. The van der Waals surface area contributed by atoms with Gasteiger partial charge in [0.25, 0.3) is 0 Å². The van der Waals surface area contributed by atoms with Gasteiger partial charge < -0.3 is 4.74 Å². The summed E-state index contributed by atoms with van der Waals surface area (Å²) in [4.78, 5) is 0. The highest BCUT2D eigenvalue weighted by molar-refractivity contribution is 7.89. The van der Waals surface area contributed by atoms with Crippen LogP contribution in [0.1, 0.15) is 24.9 Å². The van der Waals surface area contributed by atoms with Gasteiger partial charge in [0.15, 0.2) is 0 Å². The van der Waals surface area contributed by atoms with Crippen molar-refractivity contribution in [1.82, 2.24) is 4.72 Å². The average molecular weight is 292 g/mol. The number of ether oxygens (including phenoxy) is 1. The first-order valence-electron chi connectivity index (χ1n) is 5.69. The molecule has 0 aromatic heterocycles. The van der Waals surface area contributed by atoms with Gasteiger partial charge in [0.05, 0.1) is 12.9 Å². The first-order chi connectivity index (χ1) is 8.50. The van der Waals surface area contributed by atoms with Crippen LogP contribution in [0.2, 0.25) is 0 Å². The summed E-state index contributed by atoms with van der Waals surface area (Å²) in [5.41, 5.74) is 0.814. The van der Waals surface area contributed by atoms with Crippen LogP contribution < -0.4 is 9.46 Å². The predicted molar refractivity (Wildman–Crippen MR) is 73.7 cm³/mol. The Labute approximate surface area is 113 Å². The summed E-state index contributed by atoms with van der Waals surface area (Å²) in [6.07, 6.45) is 0.440. The monoisotopic (exact) mass is 291 g/mol. The molecular formula is C12H18ClNO3S. The van der Waals surface area contributed by atoms with E-state index in [1.807, 2.05) is 18.2 Å². The molecule has 102 valence electrons.